The summed E-state index contributed by atoms with van der Waals surface area (Å²) in [6.45, 7) is 0. The van der Waals surface area contributed by atoms with E-state index in [0.29, 0.717) is 22.3 Å². The van der Waals surface area contributed by atoms with E-state index in [9.17, 15) is 21.0 Å². The second kappa shape index (κ2) is 9.29. The predicted molar refractivity (Wildman–Crippen MR) is 139 cm³/mol. The molecule has 0 fully saturated rings. The molecule has 0 atom stereocenters. The zero-order chi connectivity index (χ0) is 25.1. The third-order valence-electron chi connectivity index (χ3n) is 6.20. The molecular formula is C32H16N4. The van der Waals surface area contributed by atoms with Crippen LogP contribution in [-0.4, -0.2) is 0 Å². The standard InChI is InChI=1S/C32H16N4/c33-17-21-1-8-25(9-2-21)30-16-28-14-7-24(20-36)15-29(28)31(26-10-3-22(18-34)4-11-26)32(30)27-12-5-23(19-35)6-13-27/h1-16H. The van der Waals surface area contributed by atoms with Crippen molar-refractivity contribution in [2.75, 3.05) is 0 Å². The Kier molecular flexibility index (Phi) is 5.71. The highest BCUT2D eigenvalue weighted by molar-refractivity contribution is 6.10. The minimum absolute atomic E-state index is 0.550. The Bertz CT molecular complexity index is 1780. The van der Waals surface area contributed by atoms with Crippen molar-refractivity contribution in [2.24, 2.45) is 0 Å². The molecule has 5 aromatic rings. The smallest absolute Gasteiger partial charge is 0.0991 e. The number of hydrogen-bond acceptors (Lipinski definition) is 4. The molecule has 0 unspecified atom stereocenters. The molecule has 4 nitrogen and oxygen atoms in total. The lowest BCUT2D eigenvalue weighted by atomic mass is 9.83. The van der Waals surface area contributed by atoms with Crippen LogP contribution in [0.15, 0.2) is 97.1 Å². The predicted octanol–water partition coefficient (Wildman–Crippen LogP) is 7.33. The van der Waals surface area contributed by atoms with E-state index < -0.39 is 0 Å². The molecular weight excluding hydrogens is 440 g/mol. The molecule has 0 aliphatic rings. The van der Waals surface area contributed by atoms with Crippen LogP contribution in [0.2, 0.25) is 0 Å². The third-order valence-corrected chi connectivity index (χ3v) is 6.20. The van der Waals surface area contributed by atoms with Gasteiger partial charge in [-0.05, 0) is 98.8 Å². The van der Waals surface area contributed by atoms with Crippen LogP contribution in [0.1, 0.15) is 22.3 Å². The van der Waals surface area contributed by atoms with Gasteiger partial charge in [-0.2, -0.15) is 21.0 Å². The van der Waals surface area contributed by atoms with E-state index in [0.717, 1.165) is 44.2 Å². The third kappa shape index (κ3) is 3.93. The number of nitriles is 4. The number of nitrogens with zero attached hydrogens (tertiary/aromatic N) is 4. The minimum Gasteiger partial charge on any atom is -0.192 e. The normalized spacial score (nSPS) is 10.1. The van der Waals surface area contributed by atoms with Crippen molar-refractivity contribution in [3.63, 3.8) is 0 Å². The van der Waals surface area contributed by atoms with Crippen LogP contribution in [-0.2, 0) is 0 Å². The van der Waals surface area contributed by atoms with Crippen LogP contribution in [0, 0.1) is 45.3 Å². The van der Waals surface area contributed by atoms with Crippen molar-refractivity contribution >= 4 is 10.8 Å². The van der Waals surface area contributed by atoms with Gasteiger partial charge in [0.25, 0.3) is 0 Å². The lowest BCUT2D eigenvalue weighted by molar-refractivity contribution is 1.47. The van der Waals surface area contributed by atoms with Crippen LogP contribution in [0.4, 0.5) is 0 Å². The number of hydrogen-bond donors (Lipinski definition) is 0. The van der Waals surface area contributed by atoms with Gasteiger partial charge in [-0.3, -0.25) is 0 Å². The van der Waals surface area contributed by atoms with Crippen LogP contribution in [0.3, 0.4) is 0 Å². The number of fused-ring (bicyclic) bond motifs is 1. The van der Waals surface area contributed by atoms with Crippen molar-refractivity contribution in [1.29, 1.82) is 21.0 Å². The largest absolute Gasteiger partial charge is 0.192 e. The van der Waals surface area contributed by atoms with Gasteiger partial charge in [-0.15, -0.1) is 0 Å². The highest BCUT2D eigenvalue weighted by Gasteiger charge is 2.19. The topological polar surface area (TPSA) is 95.2 Å². The quantitative estimate of drug-likeness (QED) is 0.284. The van der Waals surface area contributed by atoms with E-state index in [1.807, 2.05) is 48.5 Å². The van der Waals surface area contributed by atoms with Crippen molar-refractivity contribution in [3.05, 3.63) is 119 Å². The van der Waals surface area contributed by atoms with Gasteiger partial charge in [-0.25, -0.2) is 0 Å². The molecule has 4 heteroatoms. The molecule has 36 heavy (non-hydrogen) atoms. The first-order chi connectivity index (χ1) is 17.6. The van der Waals surface area contributed by atoms with Gasteiger partial charge < -0.3 is 0 Å². The van der Waals surface area contributed by atoms with Gasteiger partial charge >= 0.3 is 0 Å². The Morgan fingerprint density at radius 3 is 1.28 bits per heavy atom. The van der Waals surface area contributed by atoms with Crippen molar-refractivity contribution in [3.8, 4) is 57.7 Å². The summed E-state index contributed by atoms with van der Waals surface area (Å²) in [6.07, 6.45) is 0. The van der Waals surface area contributed by atoms with E-state index >= 15 is 0 Å². The Labute approximate surface area is 208 Å². The number of rotatable bonds is 3. The molecule has 0 aliphatic heterocycles. The molecule has 0 saturated carbocycles. The molecule has 0 amide bonds. The Morgan fingerprint density at radius 1 is 0.389 bits per heavy atom. The first-order valence-corrected chi connectivity index (χ1v) is 11.2. The monoisotopic (exact) mass is 456 g/mol. The van der Waals surface area contributed by atoms with Crippen LogP contribution < -0.4 is 0 Å². The van der Waals surface area contributed by atoms with Crippen molar-refractivity contribution < 1.29 is 0 Å². The van der Waals surface area contributed by atoms with Gasteiger partial charge in [0, 0.05) is 0 Å². The van der Waals surface area contributed by atoms with E-state index in [4.69, 9.17) is 0 Å². The zero-order valence-corrected chi connectivity index (χ0v) is 19.0. The summed E-state index contributed by atoms with van der Waals surface area (Å²) in [6, 6.07) is 38.7. The number of benzene rings is 5. The van der Waals surface area contributed by atoms with E-state index in [1.165, 1.54) is 0 Å². The van der Waals surface area contributed by atoms with Crippen LogP contribution in [0.25, 0.3) is 44.2 Å². The van der Waals surface area contributed by atoms with Crippen molar-refractivity contribution in [2.45, 2.75) is 0 Å². The highest BCUT2D eigenvalue weighted by Crippen LogP contribution is 2.45. The Balaban J connectivity index is 1.94. The molecule has 0 radical (unpaired) electrons. The summed E-state index contributed by atoms with van der Waals surface area (Å²) in [7, 11) is 0. The average Bonchev–Trinajstić information content (AvgIpc) is 2.96. The minimum atomic E-state index is 0.550. The summed E-state index contributed by atoms with van der Waals surface area (Å²) in [5, 5.41) is 39.4. The Morgan fingerprint density at radius 2 is 0.806 bits per heavy atom. The first kappa shape index (κ1) is 22.1. The molecule has 5 aromatic carbocycles. The maximum atomic E-state index is 9.61. The fourth-order valence-electron chi connectivity index (χ4n) is 4.44. The SMILES string of the molecule is N#Cc1ccc(-c2cc3ccc(C#N)cc3c(-c3ccc(C#N)cc3)c2-c2ccc(C#N)cc2)cc1. The van der Waals surface area contributed by atoms with Crippen molar-refractivity contribution in [1.82, 2.24) is 0 Å². The maximum Gasteiger partial charge on any atom is 0.0991 e. The summed E-state index contributed by atoms with van der Waals surface area (Å²) in [4.78, 5) is 0. The summed E-state index contributed by atoms with van der Waals surface area (Å²) < 4.78 is 0. The fourth-order valence-corrected chi connectivity index (χ4v) is 4.44. The second-order valence-corrected chi connectivity index (χ2v) is 8.29. The van der Waals surface area contributed by atoms with Crippen LogP contribution in [0.5, 0.6) is 0 Å². The molecule has 0 N–H and O–H groups in total. The van der Waals surface area contributed by atoms with Gasteiger partial charge in [0.05, 0.1) is 46.5 Å². The van der Waals surface area contributed by atoms with Gasteiger partial charge in [0.2, 0.25) is 0 Å². The summed E-state index contributed by atoms with van der Waals surface area (Å²) >= 11 is 0. The summed E-state index contributed by atoms with van der Waals surface area (Å²) in [5.41, 5.74) is 7.83. The molecule has 164 valence electrons. The Hall–Kier alpha value is -5.68. The highest BCUT2D eigenvalue weighted by atomic mass is 14.3. The molecule has 5 rings (SSSR count). The maximum absolute atomic E-state index is 9.61. The molecule has 0 saturated heterocycles. The molecule has 0 heterocycles. The molecule has 0 aliphatic carbocycles. The van der Waals surface area contributed by atoms with E-state index in [2.05, 4.69) is 30.3 Å². The zero-order valence-electron chi connectivity index (χ0n) is 19.0. The van der Waals surface area contributed by atoms with E-state index in [1.54, 1.807) is 42.5 Å². The summed E-state index contributed by atoms with van der Waals surface area (Å²) in [5.74, 6) is 0. The first-order valence-electron chi connectivity index (χ1n) is 11.2. The molecule has 0 bridgehead atoms. The van der Waals surface area contributed by atoms with Gasteiger partial charge in [0.1, 0.15) is 0 Å². The lowest BCUT2D eigenvalue weighted by Gasteiger charge is -2.20. The average molecular weight is 457 g/mol. The molecule has 0 spiro atoms. The van der Waals surface area contributed by atoms with Gasteiger partial charge in [0.15, 0.2) is 0 Å². The van der Waals surface area contributed by atoms with Gasteiger partial charge in [-0.1, -0.05) is 42.5 Å². The van der Waals surface area contributed by atoms with E-state index in [-0.39, 0.29) is 0 Å². The molecule has 0 aromatic heterocycles. The lowest BCUT2D eigenvalue weighted by Crippen LogP contribution is -1.94. The van der Waals surface area contributed by atoms with Crippen LogP contribution >= 0.6 is 0 Å². The fraction of sp³-hybridized carbons (Fsp3) is 0. The second-order valence-electron chi connectivity index (χ2n) is 8.29.